The molecule has 0 aromatic rings. The van der Waals surface area contributed by atoms with Gasteiger partial charge in [0.15, 0.2) is 0 Å². The highest BCUT2D eigenvalue weighted by molar-refractivity contribution is 5.72. The lowest BCUT2D eigenvalue weighted by Crippen LogP contribution is -2.20. The molecule has 0 heterocycles. The second-order valence-corrected chi connectivity index (χ2v) is 17.4. The number of hydrogen-bond donors (Lipinski definition) is 0. The van der Waals surface area contributed by atoms with E-state index in [1.54, 1.807) is 0 Å². The standard InChI is InChI=1S/C49H96O4/c1-6-8-10-12-14-16-18-20-22-24-26-28-30-32-34-36-38-40-46(4)48(50)52-43-42-45(3)44-53-49(51)47(5)41-39-37-35-33-31-29-27-25-23-21-19-17-15-13-11-9-7-2/h45-47H,6-44H2,1-5H3. The molecule has 0 aliphatic heterocycles. The summed E-state index contributed by atoms with van der Waals surface area (Å²) in [5, 5.41) is 0. The zero-order valence-corrected chi connectivity index (χ0v) is 36.9. The summed E-state index contributed by atoms with van der Waals surface area (Å²) < 4.78 is 11.2. The maximum absolute atomic E-state index is 12.5. The van der Waals surface area contributed by atoms with Crippen molar-refractivity contribution in [2.45, 2.75) is 272 Å². The van der Waals surface area contributed by atoms with Gasteiger partial charge in [0.05, 0.1) is 25.0 Å². The molecule has 0 radical (unpaired) electrons. The third kappa shape index (κ3) is 39.0. The van der Waals surface area contributed by atoms with Gasteiger partial charge >= 0.3 is 11.9 Å². The fraction of sp³-hybridized carbons (Fsp3) is 0.959. The highest BCUT2D eigenvalue weighted by Gasteiger charge is 2.17. The van der Waals surface area contributed by atoms with Gasteiger partial charge in [0.25, 0.3) is 0 Å². The van der Waals surface area contributed by atoms with Gasteiger partial charge in [-0.25, -0.2) is 0 Å². The molecule has 0 aromatic heterocycles. The van der Waals surface area contributed by atoms with Crippen molar-refractivity contribution in [3.05, 3.63) is 0 Å². The number of carbonyl (C=O) groups is 2. The van der Waals surface area contributed by atoms with Crippen LogP contribution in [0.2, 0.25) is 0 Å². The normalized spacial score (nSPS) is 13.2. The molecule has 0 bridgehead atoms. The molecule has 0 aliphatic carbocycles. The van der Waals surface area contributed by atoms with E-state index in [0.717, 1.165) is 32.1 Å². The first-order valence-electron chi connectivity index (χ1n) is 24.3. The van der Waals surface area contributed by atoms with E-state index in [1.807, 2.05) is 13.8 Å². The Balaban J connectivity index is 3.54. The van der Waals surface area contributed by atoms with Crippen molar-refractivity contribution < 1.29 is 19.1 Å². The third-order valence-corrected chi connectivity index (χ3v) is 11.7. The molecule has 0 spiro atoms. The van der Waals surface area contributed by atoms with Crippen LogP contribution >= 0.6 is 0 Å². The maximum atomic E-state index is 12.5. The molecule has 3 unspecified atom stereocenters. The smallest absolute Gasteiger partial charge is 0.308 e. The molecular formula is C49H96O4. The quantitative estimate of drug-likeness (QED) is 0.0460. The Kier molecular flexibility index (Phi) is 41.2. The van der Waals surface area contributed by atoms with Crippen LogP contribution in [0.5, 0.6) is 0 Å². The number of ether oxygens (including phenoxy) is 2. The fourth-order valence-electron chi connectivity index (χ4n) is 7.54. The molecule has 0 fully saturated rings. The first-order valence-corrected chi connectivity index (χ1v) is 24.3. The van der Waals surface area contributed by atoms with E-state index in [9.17, 15) is 9.59 Å². The molecule has 0 aliphatic rings. The predicted octanol–water partition coefficient (Wildman–Crippen LogP) is 16.5. The van der Waals surface area contributed by atoms with Crippen molar-refractivity contribution >= 4 is 11.9 Å². The minimum Gasteiger partial charge on any atom is -0.465 e. The maximum Gasteiger partial charge on any atom is 0.308 e. The van der Waals surface area contributed by atoms with Crippen LogP contribution in [-0.4, -0.2) is 25.2 Å². The summed E-state index contributed by atoms with van der Waals surface area (Å²) >= 11 is 0. The minimum absolute atomic E-state index is 0.0327. The van der Waals surface area contributed by atoms with Gasteiger partial charge in [0, 0.05) is 0 Å². The lowest BCUT2D eigenvalue weighted by atomic mass is 10.0. The lowest BCUT2D eigenvalue weighted by molar-refractivity contribution is -0.152. The van der Waals surface area contributed by atoms with Crippen LogP contribution in [0.1, 0.15) is 272 Å². The monoisotopic (exact) mass is 749 g/mol. The van der Waals surface area contributed by atoms with Crippen molar-refractivity contribution in [2.75, 3.05) is 13.2 Å². The van der Waals surface area contributed by atoms with E-state index >= 15 is 0 Å². The summed E-state index contributed by atoms with van der Waals surface area (Å²) in [5.41, 5.74) is 0. The van der Waals surface area contributed by atoms with Gasteiger partial charge in [0.1, 0.15) is 0 Å². The average molecular weight is 749 g/mol. The van der Waals surface area contributed by atoms with Crippen LogP contribution in [0.4, 0.5) is 0 Å². The van der Waals surface area contributed by atoms with Crippen LogP contribution in [0.15, 0.2) is 0 Å². The second-order valence-electron chi connectivity index (χ2n) is 17.4. The summed E-state index contributed by atoms with van der Waals surface area (Å²) in [6.07, 6.45) is 49.2. The topological polar surface area (TPSA) is 52.6 Å². The Labute approximate surface area is 333 Å². The van der Waals surface area contributed by atoms with Crippen molar-refractivity contribution in [1.82, 2.24) is 0 Å². The van der Waals surface area contributed by atoms with E-state index in [0.29, 0.717) is 13.2 Å². The Morgan fingerprint density at radius 2 is 0.585 bits per heavy atom. The zero-order valence-electron chi connectivity index (χ0n) is 36.9. The summed E-state index contributed by atoms with van der Waals surface area (Å²) in [6.45, 7) is 11.5. The molecule has 4 nitrogen and oxygen atoms in total. The first-order chi connectivity index (χ1) is 25.9. The van der Waals surface area contributed by atoms with Crippen molar-refractivity contribution in [2.24, 2.45) is 17.8 Å². The number of unbranched alkanes of at least 4 members (excludes halogenated alkanes) is 32. The van der Waals surface area contributed by atoms with Crippen LogP contribution < -0.4 is 0 Å². The van der Waals surface area contributed by atoms with Crippen molar-refractivity contribution in [1.29, 1.82) is 0 Å². The molecule has 0 amide bonds. The first kappa shape index (κ1) is 51.9. The Morgan fingerprint density at radius 1 is 0.340 bits per heavy atom. The Bertz CT molecular complexity index is 751. The summed E-state index contributed by atoms with van der Waals surface area (Å²) in [6, 6.07) is 0. The van der Waals surface area contributed by atoms with Crippen molar-refractivity contribution in [3.8, 4) is 0 Å². The second kappa shape index (κ2) is 42.1. The summed E-state index contributed by atoms with van der Waals surface area (Å²) in [4.78, 5) is 25.0. The van der Waals surface area contributed by atoms with Crippen LogP contribution in [-0.2, 0) is 19.1 Å². The molecule has 316 valence electrons. The van der Waals surface area contributed by atoms with Crippen LogP contribution in [0, 0.1) is 17.8 Å². The van der Waals surface area contributed by atoms with E-state index in [-0.39, 0.29) is 29.7 Å². The molecule has 0 saturated carbocycles. The predicted molar refractivity (Wildman–Crippen MR) is 232 cm³/mol. The fourth-order valence-corrected chi connectivity index (χ4v) is 7.54. The van der Waals surface area contributed by atoms with E-state index in [4.69, 9.17) is 9.47 Å². The van der Waals surface area contributed by atoms with Gasteiger partial charge in [-0.15, -0.1) is 0 Å². The molecule has 53 heavy (non-hydrogen) atoms. The average Bonchev–Trinajstić information content (AvgIpc) is 3.15. The number of esters is 2. The SMILES string of the molecule is CCCCCCCCCCCCCCCCCCCC(C)C(=O)OCCC(C)COC(=O)C(C)CCCCCCCCCCCCCCCCCCC. The number of hydrogen-bond acceptors (Lipinski definition) is 4. The Hall–Kier alpha value is -1.06. The number of carbonyl (C=O) groups excluding carboxylic acids is 2. The van der Waals surface area contributed by atoms with Gasteiger partial charge in [-0.2, -0.15) is 0 Å². The van der Waals surface area contributed by atoms with Gasteiger partial charge in [-0.05, 0) is 25.2 Å². The molecular weight excluding hydrogens is 653 g/mol. The van der Waals surface area contributed by atoms with Gasteiger partial charge in [-0.1, -0.05) is 253 Å². The molecule has 4 heteroatoms. The summed E-state index contributed by atoms with van der Waals surface area (Å²) in [7, 11) is 0. The largest absolute Gasteiger partial charge is 0.465 e. The number of rotatable bonds is 43. The molecule has 0 N–H and O–H groups in total. The highest BCUT2D eigenvalue weighted by Crippen LogP contribution is 2.19. The molecule has 3 atom stereocenters. The lowest BCUT2D eigenvalue weighted by Gasteiger charge is -2.16. The van der Waals surface area contributed by atoms with E-state index in [2.05, 4.69) is 20.8 Å². The Morgan fingerprint density at radius 3 is 0.868 bits per heavy atom. The summed E-state index contributed by atoms with van der Waals surface area (Å²) in [5.74, 6) is -0.0256. The minimum atomic E-state index is -0.0759. The van der Waals surface area contributed by atoms with Gasteiger partial charge in [-0.3, -0.25) is 9.59 Å². The molecule has 0 aromatic carbocycles. The zero-order chi connectivity index (χ0) is 38.9. The molecule has 0 rings (SSSR count). The van der Waals surface area contributed by atoms with Crippen LogP contribution in [0.25, 0.3) is 0 Å². The third-order valence-electron chi connectivity index (χ3n) is 11.7. The van der Waals surface area contributed by atoms with Gasteiger partial charge < -0.3 is 9.47 Å². The van der Waals surface area contributed by atoms with Gasteiger partial charge in [0.2, 0.25) is 0 Å². The van der Waals surface area contributed by atoms with Crippen molar-refractivity contribution in [3.63, 3.8) is 0 Å². The van der Waals surface area contributed by atoms with Crippen LogP contribution in [0.3, 0.4) is 0 Å². The highest BCUT2D eigenvalue weighted by atomic mass is 16.5. The van der Waals surface area contributed by atoms with E-state index in [1.165, 1.54) is 205 Å². The van der Waals surface area contributed by atoms with E-state index < -0.39 is 0 Å². The molecule has 0 saturated heterocycles.